The van der Waals surface area contributed by atoms with Gasteiger partial charge in [0, 0.05) is 12.0 Å². The molecule has 0 aromatic heterocycles. The fourth-order valence-electron chi connectivity index (χ4n) is 1.52. The first-order chi connectivity index (χ1) is 6.91. The normalized spacial score (nSPS) is 10.1. The minimum Gasteiger partial charge on any atom is -0.478 e. The number of aryl methyl sites for hydroxylation is 3. The molecule has 1 N–H and O–H groups in total. The van der Waals surface area contributed by atoms with E-state index < -0.39 is 5.97 Å². The van der Waals surface area contributed by atoms with Crippen LogP contribution in [0.2, 0.25) is 0 Å². The van der Waals surface area contributed by atoms with E-state index in [1.165, 1.54) is 11.1 Å². The van der Waals surface area contributed by atoms with Crippen LogP contribution in [0.3, 0.4) is 0 Å². The van der Waals surface area contributed by atoms with E-state index in [9.17, 15) is 4.79 Å². The summed E-state index contributed by atoms with van der Waals surface area (Å²) in [5.74, 6) is -0.923. The maximum absolute atomic E-state index is 10.7. The Morgan fingerprint density at radius 2 is 1.73 bits per heavy atom. The van der Waals surface area contributed by atoms with Crippen LogP contribution in [0.4, 0.5) is 0 Å². The molecule has 0 aliphatic heterocycles. The number of aliphatic carboxylic acids is 1. The predicted molar refractivity (Wildman–Crippen MR) is 61.1 cm³/mol. The number of carboxylic acid groups (broad SMARTS) is 1. The van der Waals surface area contributed by atoms with Crippen molar-refractivity contribution in [1.82, 2.24) is 0 Å². The molecule has 1 rings (SSSR count). The monoisotopic (exact) mass is 204 g/mol. The van der Waals surface area contributed by atoms with Crippen molar-refractivity contribution >= 4 is 5.97 Å². The van der Waals surface area contributed by atoms with Crippen molar-refractivity contribution in [3.63, 3.8) is 0 Å². The van der Waals surface area contributed by atoms with Crippen LogP contribution in [0.5, 0.6) is 0 Å². The topological polar surface area (TPSA) is 37.3 Å². The number of carbonyl (C=O) groups is 1. The van der Waals surface area contributed by atoms with Crippen molar-refractivity contribution < 1.29 is 9.90 Å². The van der Waals surface area contributed by atoms with Crippen molar-refractivity contribution in [3.05, 3.63) is 46.5 Å². The van der Waals surface area contributed by atoms with Gasteiger partial charge in [0.15, 0.2) is 0 Å². The summed E-state index contributed by atoms with van der Waals surface area (Å²) in [4.78, 5) is 10.7. The van der Waals surface area contributed by atoms with Gasteiger partial charge in [-0.2, -0.15) is 0 Å². The fraction of sp³-hybridized carbons (Fsp3) is 0.308. The van der Waals surface area contributed by atoms with Gasteiger partial charge in [-0.25, -0.2) is 4.79 Å². The maximum Gasteiger partial charge on any atom is 0.331 e. The maximum atomic E-state index is 10.7. The molecular formula is C13H16O2. The first kappa shape index (κ1) is 11.5. The number of hydrogen-bond donors (Lipinski definition) is 1. The zero-order valence-corrected chi connectivity index (χ0v) is 9.42. The van der Waals surface area contributed by atoms with E-state index in [0.717, 1.165) is 11.1 Å². The summed E-state index contributed by atoms with van der Waals surface area (Å²) in [6.45, 7) is 9.62. The standard InChI is InChI=1S/C13H16O2/c1-8-5-10(3)12(6-9(8)2)7-11(4)13(14)15/h5-6H,4,7H2,1-3H3,(H,14,15). The lowest BCUT2D eigenvalue weighted by molar-refractivity contribution is -0.132. The van der Waals surface area contributed by atoms with E-state index >= 15 is 0 Å². The molecule has 0 saturated carbocycles. The lowest BCUT2D eigenvalue weighted by atomic mass is 9.96. The number of hydrogen-bond acceptors (Lipinski definition) is 1. The van der Waals surface area contributed by atoms with Crippen LogP contribution in [0, 0.1) is 20.8 Å². The van der Waals surface area contributed by atoms with Crippen LogP contribution >= 0.6 is 0 Å². The van der Waals surface area contributed by atoms with Crippen LogP contribution in [-0.4, -0.2) is 11.1 Å². The van der Waals surface area contributed by atoms with E-state index in [-0.39, 0.29) is 5.57 Å². The molecule has 0 heterocycles. The molecule has 1 aromatic rings. The minimum absolute atomic E-state index is 0.237. The highest BCUT2D eigenvalue weighted by Crippen LogP contribution is 2.17. The molecule has 2 nitrogen and oxygen atoms in total. The number of benzene rings is 1. The Hall–Kier alpha value is -1.57. The molecule has 0 fully saturated rings. The first-order valence-electron chi connectivity index (χ1n) is 4.89. The molecule has 0 bridgehead atoms. The van der Waals surface area contributed by atoms with Crippen LogP contribution in [0.15, 0.2) is 24.3 Å². The Morgan fingerprint density at radius 1 is 1.20 bits per heavy atom. The van der Waals surface area contributed by atoms with Gasteiger partial charge in [0.05, 0.1) is 0 Å². The summed E-state index contributed by atoms with van der Waals surface area (Å²) < 4.78 is 0. The summed E-state index contributed by atoms with van der Waals surface area (Å²) in [5.41, 5.74) is 4.83. The smallest absolute Gasteiger partial charge is 0.331 e. The molecule has 0 spiro atoms. The highest BCUT2D eigenvalue weighted by atomic mass is 16.4. The van der Waals surface area contributed by atoms with Crippen molar-refractivity contribution in [3.8, 4) is 0 Å². The van der Waals surface area contributed by atoms with Crippen LogP contribution < -0.4 is 0 Å². The largest absolute Gasteiger partial charge is 0.478 e. The van der Waals surface area contributed by atoms with Crippen LogP contribution in [0.1, 0.15) is 22.3 Å². The Balaban J connectivity index is 3.01. The molecule has 0 saturated heterocycles. The molecule has 0 aliphatic carbocycles. The molecule has 80 valence electrons. The van der Waals surface area contributed by atoms with Gasteiger partial charge in [0.2, 0.25) is 0 Å². The van der Waals surface area contributed by atoms with Gasteiger partial charge < -0.3 is 5.11 Å². The highest BCUT2D eigenvalue weighted by molar-refractivity contribution is 5.86. The number of carboxylic acids is 1. The lowest BCUT2D eigenvalue weighted by Gasteiger charge is -2.09. The molecule has 0 amide bonds. The average molecular weight is 204 g/mol. The predicted octanol–water partition coefficient (Wildman–Crippen LogP) is 2.80. The minimum atomic E-state index is -0.923. The second-order valence-corrected chi connectivity index (χ2v) is 3.95. The summed E-state index contributed by atoms with van der Waals surface area (Å²) in [6.07, 6.45) is 0.419. The molecule has 0 atom stereocenters. The second-order valence-electron chi connectivity index (χ2n) is 3.95. The zero-order valence-electron chi connectivity index (χ0n) is 9.42. The average Bonchev–Trinajstić information content (AvgIpc) is 2.13. The van der Waals surface area contributed by atoms with Crippen LogP contribution in [-0.2, 0) is 11.2 Å². The van der Waals surface area contributed by atoms with E-state index in [0.29, 0.717) is 6.42 Å². The quantitative estimate of drug-likeness (QED) is 0.769. The summed E-state index contributed by atoms with van der Waals surface area (Å²) in [5, 5.41) is 8.76. The van der Waals surface area contributed by atoms with Crippen molar-refractivity contribution in [2.75, 3.05) is 0 Å². The van der Waals surface area contributed by atoms with Gasteiger partial charge in [-0.15, -0.1) is 0 Å². The lowest BCUT2D eigenvalue weighted by Crippen LogP contribution is -2.04. The summed E-state index contributed by atoms with van der Waals surface area (Å²) >= 11 is 0. The third-order valence-corrected chi connectivity index (χ3v) is 2.66. The van der Waals surface area contributed by atoms with E-state index in [1.54, 1.807) is 0 Å². The molecule has 2 heteroatoms. The fourth-order valence-corrected chi connectivity index (χ4v) is 1.52. The summed E-state index contributed by atoms with van der Waals surface area (Å²) in [7, 11) is 0. The van der Waals surface area contributed by atoms with Gasteiger partial charge >= 0.3 is 5.97 Å². The van der Waals surface area contributed by atoms with Gasteiger partial charge in [0.25, 0.3) is 0 Å². The zero-order chi connectivity index (χ0) is 11.6. The number of rotatable bonds is 3. The molecule has 0 radical (unpaired) electrons. The van der Waals surface area contributed by atoms with Crippen LogP contribution in [0.25, 0.3) is 0 Å². The molecule has 1 aromatic carbocycles. The molecule has 15 heavy (non-hydrogen) atoms. The second kappa shape index (κ2) is 4.30. The molecule has 0 unspecified atom stereocenters. The van der Waals surface area contributed by atoms with Gasteiger partial charge in [0.1, 0.15) is 0 Å². The molecular weight excluding hydrogens is 188 g/mol. The van der Waals surface area contributed by atoms with Gasteiger partial charge in [-0.3, -0.25) is 0 Å². The van der Waals surface area contributed by atoms with Crippen molar-refractivity contribution in [1.29, 1.82) is 0 Å². The van der Waals surface area contributed by atoms with E-state index in [4.69, 9.17) is 5.11 Å². The Kier molecular flexibility index (Phi) is 3.30. The highest BCUT2D eigenvalue weighted by Gasteiger charge is 2.08. The van der Waals surface area contributed by atoms with E-state index in [2.05, 4.69) is 19.6 Å². The molecule has 0 aliphatic rings. The summed E-state index contributed by atoms with van der Waals surface area (Å²) in [6, 6.07) is 4.12. The Bertz CT molecular complexity index is 417. The first-order valence-corrected chi connectivity index (χ1v) is 4.89. The Morgan fingerprint density at radius 3 is 2.27 bits per heavy atom. The third kappa shape index (κ3) is 2.69. The van der Waals surface area contributed by atoms with E-state index in [1.807, 2.05) is 19.9 Å². The Labute approximate surface area is 90.3 Å². The third-order valence-electron chi connectivity index (χ3n) is 2.66. The SMILES string of the molecule is C=C(Cc1cc(C)c(C)cc1C)C(=O)O. The van der Waals surface area contributed by atoms with Crippen molar-refractivity contribution in [2.24, 2.45) is 0 Å². The van der Waals surface area contributed by atoms with Gasteiger partial charge in [-0.05, 0) is 43.0 Å². The van der Waals surface area contributed by atoms with Gasteiger partial charge in [-0.1, -0.05) is 18.7 Å². The van der Waals surface area contributed by atoms with Crippen molar-refractivity contribution in [2.45, 2.75) is 27.2 Å².